The third-order valence-electron chi connectivity index (χ3n) is 3.11. The molecule has 0 aliphatic carbocycles. The fourth-order valence-electron chi connectivity index (χ4n) is 1.95. The van der Waals surface area contributed by atoms with Crippen LogP contribution in [0.3, 0.4) is 0 Å². The minimum atomic E-state index is 0.290. The van der Waals surface area contributed by atoms with Gasteiger partial charge in [-0.3, -0.25) is 0 Å². The maximum absolute atomic E-state index is 5.97. The third kappa shape index (κ3) is 2.27. The molecule has 3 N–H and O–H groups in total. The monoisotopic (exact) mass is 257 g/mol. The number of pyridine rings is 1. The summed E-state index contributed by atoms with van der Waals surface area (Å²) in [7, 11) is 0. The lowest BCUT2D eigenvalue weighted by Gasteiger charge is -2.10. The lowest BCUT2D eigenvalue weighted by atomic mass is 10.2. The summed E-state index contributed by atoms with van der Waals surface area (Å²) in [5, 5.41) is 3.23. The molecule has 0 atom stereocenters. The molecule has 0 amide bonds. The van der Waals surface area contributed by atoms with E-state index in [-0.39, 0.29) is 0 Å². The van der Waals surface area contributed by atoms with E-state index >= 15 is 0 Å². The molecule has 0 radical (unpaired) electrons. The Labute approximate surface area is 111 Å². The van der Waals surface area contributed by atoms with Crippen LogP contribution in [0.2, 0.25) is 0 Å². The van der Waals surface area contributed by atoms with Gasteiger partial charge in [0.1, 0.15) is 5.82 Å². The maximum atomic E-state index is 5.97. The van der Waals surface area contributed by atoms with E-state index in [1.54, 1.807) is 6.20 Å². The van der Waals surface area contributed by atoms with Gasteiger partial charge in [0, 0.05) is 12.7 Å². The van der Waals surface area contributed by atoms with E-state index < -0.39 is 0 Å². The predicted molar refractivity (Wildman–Crippen MR) is 73.3 cm³/mol. The van der Waals surface area contributed by atoms with Crippen molar-refractivity contribution in [2.24, 2.45) is 0 Å². The van der Waals surface area contributed by atoms with Gasteiger partial charge < -0.3 is 20.5 Å². The summed E-state index contributed by atoms with van der Waals surface area (Å²) >= 11 is 0. The Kier molecular flexibility index (Phi) is 2.87. The highest BCUT2D eigenvalue weighted by Crippen LogP contribution is 2.32. The molecule has 98 valence electrons. The number of nitrogens with two attached hydrogens (primary N) is 1. The molecule has 3 rings (SSSR count). The first-order valence-electron chi connectivity index (χ1n) is 6.07. The zero-order valence-corrected chi connectivity index (χ0v) is 10.6. The van der Waals surface area contributed by atoms with Crippen molar-refractivity contribution in [1.82, 2.24) is 4.98 Å². The predicted octanol–water partition coefficient (Wildman–Crippen LogP) is 2.31. The van der Waals surface area contributed by atoms with Crippen LogP contribution in [0.5, 0.6) is 11.5 Å². The lowest BCUT2D eigenvalue weighted by Crippen LogP contribution is -2.05. The van der Waals surface area contributed by atoms with Gasteiger partial charge in [-0.25, -0.2) is 4.98 Å². The first-order valence-corrected chi connectivity index (χ1v) is 6.07. The minimum Gasteiger partial charge on any atom is -0.454 e. The van der Waals surface area contributed by atoms with Crippen molar-refractivity contribution < 1.29 is 9.47 Å². The number of fused-ring (bicyclic) bond motifs is 1. The molecule has 2 heterocycles. The Hall–Kier alpha value is -2.43. The molecule has 1 aromatic heterocycles. The zero-order chi connectivity index (χ0) is 13.2. The second-order valence-corrected chi connectivity index (χ2v) is 4.43. The maximum Gasteiger partial charge on any atom is 0.231 e. The molecule has 1 aromatic carbocycles. The molecule has 1 aliphatic rings. The Bertz CT molecular complexity index is 614. The van der Waals surface area contributed by atoms with Gasteiger partial charge in [-0.2, -0.15) is 0 Å². The quantitative estimate of drug-likeness (QED) is 0.883. The number of nitrogens with one attached hydrogen (secondary N) is 1. The van der Waals surface area contributed by atoms with E-state index in [0.717, 1.165) is 22.6 Å². The van der Waals surface area contributed by atoms with Crippen LogP contribution in [-0.2, 0) is 6.54 Å². The first-order chi connectivity index (χ1) is 9.24. The number of rotatable bonds is 3. The second-order valence-electron chi connectivity index (χ2n) is 4.43. The molecule has 0 saturated heterocycles. The van der Waals surface area contributed by atoms with Gasteiger partial charge in [-0.1, -0.05) is 6.07 Å². The van der Waals surface area contributed by atoms with E-state index in [4.69, 9.17) is 15.2 Å². The summed E-state index contributed by atoms with van der Waals surface area (Å²) in [5.41, 5.74) is 8.76. The Morgan fingerprint density at radius 3 is 3.00 bits per heavy atom. The molecule has 5 heteroatoms. The third-order valence-corrected chi connectivity index (χ3v) is 3.11. The van der Waals surface area contributed by atoms with Crippen molar-refractivity contribution in [3.05, 3.63) is 41.6 Å². The van der Waals surface area contributed by atoms with Crippen LogP contribution >= 0.6 is 0 Å². The second kappa shape index (κ2) is 4.68. The molecule has 19 heavy (non-hydrogen) atoms. The number of hydrogen-bond donors (Lipinski definition) is 2. The van der Waals surface area contributed by atoms with Crippen molar-refractivity contribution in [2.45, 2.75) is 13.5 Å². The number of benzene rings is 1. The summed E-state index contributed by atoms with van der Waals surface area (Å²) < 4.78 is 10.6. The van der Waals surface area contributed by atoms with Crippen LogP contribution in [0.25, 0.3) is 0 Å². The molecule has 1 aliphatic heterocycles. The van der Waals surface area contributed by atoms with Crippen LogP contribution in [0.1, 0.15) is 11.1 Å². The van der Waals surface area contributed by atoms with Crippen LogP contribution in [0.4, 0.5) is 11.5 Å². The number of ether oxygens (including phenoxy) is 2. The summed E-state index contributed by atoms with van der Waals surface area (Å²) in [6, 6.07) is 7.75. The Balaban J connectivity index is 1.74. The fraction of sp³-hybridized carbons (Fsp3) is 0.214. The molecule has 0 saturated carbocycles. The topological polar surface area (TPSA) is 69.4 Å². The van der Waals surface area contributed by atoms with Crippen molar-refractivity contribution in [1.29, 1.82) is 0 Å². The van der Waals surface area contributed by atoms with Gasteiger partial charge in [0.2, 0.25) is 6.79 Å². The highest BCUT2D eigenvalue weighted by molar-refractivity contribution is 5.65. The first kappa shape index (κ1) is 11.6. The fourth-order valence-corrected chi connectivity index (χ4v) is 1.95. The number of aryl methyl sites for hydroxylation is 1. The lowest BCUT2D eigenvalue weighted by molar-refractivity contribution is 0.174. The van der Waals surface area contributed by atoms with E-state index in [1.165, 1.54) is 0 Å². The van der Waals surface area contributed by atoms with Gasteiger partial charge in [0.25, 0.3) is 0 Å². The highest BCUT2D eigenvalue weighted by atomic mass is 16.7. The average molecular weight is 257 g/mol. The molecular formula is C14H15N3O2. The van der Waals surface area contributed by atoms with Crippen molar-refractivity contribution in [3.8, 4) is 11.5 Å². The van der Waals surface area contributed by atoms with E-state index in [0.29, 0.717) is 24.8 Å². The summed E-state index contributed by atoms with van der Waals surface area (Å²) in [6.45, 7) is 2.89. The minimum absolute atomic E-state index is 0.290. The van der Waals surface area contributed by atoms with Crippen molar-refractivity contribution in [2.75, 3.05) is 17.8 Å². The molecule has 0 fully saturated rings. The zero-order valence-electron chi connectivity index (χ0n) is 10.6. The molecular weight excluding hydrogens is 242 g/mol. The van der Waals surface area contributed by atoms with Crippen molar-refractivity contribution >= 4 is 11.5 Å². The number of anilines is 2. The standard InChI is InChI=1S/C14H15N3O2/c1-9-4-5-16-14(13(9)15)17-7-10-2-3-11-12(6-10)19-8-18-11/h2-6H,7-8,15H2,1H3,(H,16,17). The van der Waals surface area contributed by atoms with E-state index in [9.17, 15) is 0 Å². The normalized spacial score (nSPS) is 12.5. The highest BCUT2D eigenvalue weighted by Gasteiger charge is 2.13. The van der Waals surface area contributed by atoms with Gasteiger partial charge in [0.05, 0.1) is 5.69 Å². The van der Waals surface area contributed by atoms with E-state index in [1.807, 2.05) is 31.2 Å². The summed E-state index contributed by atoms with van der Waals surface area (Å²) in [6.07, 6.45) is 1.74. The number of nitrogen functional groups attached to an aromatic ring is 1. The molecule has 2 aromatic rings. The Morgan fingerprint density at radius 2 is 2.11 bits per heavy atom. The average Bonchev–Trinajstić information content (AvgIpc) is 2.88. The van der Waals surface area contributed by atoms with Crippen LogP contribution < -0.4 is 20.5 Å². The number of nitrogens with zero attached hydrogens (tertiary/aromatic N) is 1. The largest absolute Gasteiger partial charge is 0.454 e. The van der Waals surface area contributed by atoms with Crippen LogP contribution in [0.15, 0.2) is 30.5 Å². The molecule has 5 nitrogen and oxygen atoms in total. The van der Waals surface area contributed by atoms with Crippen LogP contribution in [-0.4, -0.2) is 11.8 Å². The van der Waals surface area contributed by atoms with E-state index in [2.05, 4.69) is 10.3 Å². The Morgan fingerprint density at radius 1 is 1.26 bits per heavy atom. The smallest absolute Gasteiger partial charge is 0.231 e. The molecule has 0 unspecified atom stereocenters. The number of aromatic nitrogens is 1. The molecule has 0 spiro atoms. The molecule has 0 bridgehead atoms. The van der Waals surface area contributed by atoms with Crippen molar-refractivity contribution in [3.63, 3.8) is 0 Å². The van der Waals surface area contributed by atoms with Gasteiger partial charge in [0.15, 0.2) is 11.5 Å². The van der Waals surface area contributed by atoms with Gasteiger partial charge in [-0.05, 0) is 36.2 Å². The van der Waals surface area contributed by atoms with Gasteiger partial charge >= 0.3 is 0 Å². The van der Waals surface area contributed by atoms with Gasteiger partial charge in [-0.15, -0.1) is 0 Å². The SMILES string of the molecule is Cc1ccnc(NCc2ccc3c(c2)OCO3)c1N. The van der Waals surface area contributed by atoms with Crippen LogP contribution in [0, 0.1) is 6.92 Å². The summed E-state index contributed by atoms with van der Waals surface area (Å²) in [4.78, 5) is 4.23. The number of hydrogen-bond acceptors (Lipinski definition) is 5. The summed E-state index contributed by atoms with van der Waals surface area (Å²) in [5.74, 6) is 2.28.